The Hall–Kier alpha value is -2.57. The molecule has 2 amide bonds. The molecule has 36 heavy (non-hydrogen) atoms. The summed E-state index contributed by atoms with van der Waals surface area (Å²) in [6, 6.07) is 11.4. The van der Waals surface area contributed by atoms with Gasteiger partial charge in [-0.05, 0) is 81.5 Å². The number of rotatable bonds is 7. The maximum atomic E-state index is 13.8. The molecule has 1 N–H and O–H groups in total. The van der Waals surface area contributed by atoms with Crippen LogP contribution >= 0.6 is 23.2 Å². The predicted molar refractivity (Wildman–Crippen MR) is 142 cm³/mol. The van der Waals surface area contributed by atoms with Gasteiger partial charge < -0.3 is 15.0 Å². The van der Waals surface area contributed by atoms with Gasteiger partial charge in [0.1, 0.15) is 11.4 Å². The number of carbonyl (C=O) groups is 2. The van der Waals surface area contributed by atoms with E-state index in [0.717, 1.165) is 11.1 Å². The van der Waals surface area contributed by atoms with Crippen molar-refractivity contribution in [2.45, 2.75) is 57.6 Å². The van der Waals surface area contributed by atoms with Crippen molar-refractivity contribution in [3.8, 4) is 0 Å². The number of nitrogens with zero attached hydrogens (tertiary/aromatic N) is 1. The van der Waals surface area contributed by atoms with E-state index in [1.165, 1.54) is 12.1 Å². The molecule has 0 saturated carbocycles. The van der Waals surface area contributed by atoms with E-state index in [-0.39, 0.29) is 24.4 Å². The first-order valence-electron chi connectivity index (χ1n) is 12.0. The molecule has 3 rings (SSSR count). The predicted octanol–water partition coefficient (Wildman–Crippen LogP) is 6.91. The molecule has 0 aromatic heterocycles. The first-order chi connectivity index (χ1) is 16.9. The van der Waals surface area contributed by atoms with Crippen LogP contribution in [-0.4, -0.2) is 35.6 Å². The summed E-state index contributed by atoms with van der Waals surface area (Å²) in [4.78, 5) is 28.0. The zero-order valence-corrected chi connectivity index (χ0v) is 22.5. The van der Waals surface area contributed by atoms with Crippen LogP contribution in [0, 0.1) is 11.7 Å². The highest BCUT2D eigenvalue weighted by molar-refractivity contribution is 6.34. The van der Waals surface area contributed by atoms with Gasteiger partial charge in [0.2, 0.25) is 5.91 Å². The van der Waals surface area contributed by atoms with E-state index in [9.17, 15) is 14.0 Å². The highest BCUT2D eigenvalue weighted by atomic mass is 35.5. The molecule has 1 unspecified atom stereocenters. The Labute approximate surface area is 222 Å². The lowest BCUT2D eigenvalue weighted by molar-refractivity contribution is -0.128. The monoisotopic (exact) mass is 534 g/mol. The number of nitrogens with one attached hydrogen (secondary N) is 1. The van der Waals surface area contributed by atoms with Gasteiger partial charge in [0, 0.05) is 35.1 Å². The second-order valence-corrected chi connectivity index (χ2v) is 11.1. The molecule has 1 heterocycles. The lowest BCUT2D eigenvalue weighted by Crippen LogP contribution is -2.53. The number of likely N-dealkylation sites (tertiary alicyclic amines) is 1. The summed E-state index contributed by atoms with van der Waals surface area (Å²) in [5.41, 5.74) is 0.433. The molecule has 8 heteroatoms. The third-order valence-electron chi connectivity index (χ3n) is 6.50. The Morgan fingerprint density at radius 2 is 1.72 bits per heavy atom. The van der Waals surface area contributed by atoms with Crippen molar-refractivity contribution >= 4 is 35.2 Å². The fourth-order valence-corrected chi connectivity index (χ4v) is 5.38. The lowest BCUT2D eigenvalue weighted by Gasteiger charge is -2.46. The highest BCUT2D eigenvalue weighted by Crippen LogP contribution is 2.44. The Morgan fingerprint density at radius 1 is 1.14 bits per heavy atom. The SMILES string of the molecule is C=CCC(C(=O)NCc1cc(Cl)cc(Cl)c1)C1(c2ccc(F)cc2)CCN(C(=O)OC(C)(C)C)CC1. The first-order valence-corrected chi connectivity index (χ1v) is 12.8. The van der Waals surface area contributed by atoms with Gasteiger partial charge in [-0.2, -0.15) is 0 Å². The van der Waals surface area contributed by atoms with E-state index in [4.69, 9.17) is 27.9 Å². The Morgan fingerprint density at radius 3 is 2.25 bits per heavy atom. The maximum absolute atomic E-state index is 13.8. The van der Waals surface area contributed by atoms with Crippen LogP contribution in [-0.2, 0) is 21.5 Å². The van der Waals surface area contributed by atoms with Crippen molar-refractivity contribution in [1.82, 2.24) is 10.2 Å². The number of hydrogen-bond acceptors (Lipinski definition) is 3. The molecule has 1 aliphatic rings. The van der Waals surface area contributed by atoms with Crippen LogP contribution in [0.5, 0.6) is 0 Å². The molecule has 2 aromatic rings. The number of hydrogen-bond donors (Lipinski definition) is 1. The summed E-state index contributed by atoms with van der Waals surface area (Å²) in [6.07, 6.45) is 2.81. The molecular formula is C28H33Cl2FN2O3. The molecule has 1 aliphatic heterocycles. The molecule has 1 fully saturated rings. The minimum Gasteiger partial charge on any atom is -0.444 e. The molecule has 1 atom stereocenters. The van der Waals surface area contributed by atoms with Gasteiger partial charge in [-0.25, -0.2) is 9.18 Å². The van der Waals surface area contributed by atoms with Crippen LogP contribution in [0.3, 0.4) is 0 Å². The number of amides is 2. The molecular weight excluding hydrogens is 502 g/mol. The second kappa shape index (κ2) is 11.7. The molecule has 0 aliphatic carbocycles. The number of piperidine rings is 1. The van der Waals surface area contributed by atoms with E-state index in [0.29, 0.717) is 42.4 Å². The summed E-state index contributed by atoms with van der Waals surface area (Å²) in [7, 11) is 0. The van der Waals surface area contributed by atoms with Gasteiger partial charge >= 0.3 is 6.09 Å². The van der Waals surface area contributed by atoms with Crippen LogP contribution in [0.15, 0.2) is 55.1 Å². The number of carbonyl (C=O) groups excluding carboxylic acids is 2. The fraction of sp³-hybridized carbons (Fsp3) is 0.429. The molecule has 0 bridgehead atoms. The third-order valence-corrected chi connectivity index (χ3v) is 6.94. The van der Waals surface area contributed by atoms with E-state index in [1.54, 1.807) is 41.3 Å². The Kier molecular flexibility index (Phi) is 9.07. The van der Waals surface area contributed by atoms with Gasteiger partial charge in [0.25, 0.3) is 0 Å². The topological polar surface area (TPSA) is 58.6 Å². The van der Waals surface area contributed by atoms with Crippen molar-refractivity contribution < 1.29 is 18.7 Å². The average Bonchev–Trinajstić information content (AvgIpc) is 2.80. The summed E-state index contributed by atoms with van der Waals surface area (Å²) < 4.78 is 19.3. The standard InChI is InChI=1S/C28H33Cl2FN2O3/c1-5-6-24(25(34)32-18-19-15-21(29)17-22(30)16-19)28(20-7-9-23(31)10-8-20)11-13-33(14-12-28)26(35)36-27(2,3)4/h5,7-10,15-17,24H,1,6,11-14,18H2,2-4H3,(H,32,34). The van der Waals surface area contributed by atoms with Gasteiger partial charge in [-0.3, -0.25) is 4.79 Å². The van der Waals surface area contributed by atoms with Crippen LogP contribution in [0.2, 0.25) is 10.0 Å². The smallest absolute Gasteiger partial charge is 0.410 e. The normalized spacial score (nSPS) is 16.2. The molecule has 0 radical (unpaired) electrons. The second-order valence-electron chi connectivity index (χ2n) is 10.2. The number of halogens is 3. The minimum atomic E-state index is -0.615. The van der Waals surface area contributed by atoms with Crippen molar-refractivity contribution in [2.75, 3.05) is 13.1 Å². The maximum Gasteiger partial charge on any atom is 0.410 e. The van der Waals surface area contributed by atoms with E-state index < -0.39 is 16.9 Å². The summed E-state index contributed by atoms with van der Waals surface area (Å²) in [5, 5.41) is 4.01. The van der Waals surface area contributed by atoms with Gasteiger partial charge in [-0.1, -0.05) is 41.4 Å². The van der Waals surface area contributed by atoms with Crippen LogP contribution < -0.4 is 5.32 Å². The van der Waals surface area contributed by atoms with E-state index in [2.05, 4.69) is 11.9 Å². The molecule has 5 nitrogen and oxygen atoms in total. The number of benzene rings is 2. The third kappa shape index (κ3) is 7.01. The number of ether oxygens (including phenoxy) is 1. The average molecular weight is 535 g/mol. The molecule has 1 saturated heterocycles. The summed E-state index contributed by atoms with van der Waals surface area (Å²) in [5.74, 6) is -0.973. The number of allylic oxidation sites excluding steroid dienone is 1. The van der Waals surface area contributed by atoms with Crippen molar-refractivity contribution in [2.24, 2.45) is 5.92 Å². The Bertz CT molecular complexity index is 1070. The minimum absolute atomic E-state index is 0.152. The molecule has 0 spiro atoms. The Balaban J connectivity index is 1.87. The quantitative estimate of drug-likeness (QED) is 0.392. The first kappa shape index (κ1) is 28.0. The van der Waals surface area contributed by atoms with Crippen molar-refractivity contribution in [3.63, 3.8) is 0 Å². The largest absolute Gasteiger partial charge is 0.444 e. The van der Waals surface area contributed by atoms with Crippen LogP contribution in [0.25, 0.3) is 0 Å². The van der Waals surface area contributed by atoms with Crippen LogP contribution in [0.1, 0.15) is 51.2 Å². The summed E-state index contributed by atoms with van der Waals surface area (Å²) >= 11 is 12.2. The van der Waals surface area contributed by atoms with Gasteiger partial charge in [-0.15, -0.1) is 6.58 Å². The molecule has 194 valence electrons. The van der Waals surface area contributed by atoms with E-state index >= 15 is 0 Å². The zero-order chi connectivity index (χ0) is 26.5. The molecule has 2 aromatic carbocycles. The summed E-state index contributed by atoms with van der Waals surface area (Å²) in [6.45, 7) is 10.5. The van der Waals surface area contributed by atoms with Gasteiger partial charge in [0.05, 0.1) is 5.92 Å². The lowest BCUT2D eigenvalue weighted by atomic mass is 9.63. The van der Waals surface area contributed by atoms with Crippen molar-refractivity contribution in [3.05, 3.63) is 82.1 Å². The highest BCUT2D eigenvalue weighted by Gasteiger charge is 2.46. The van der Waals surface area contributed by atoms with E-state index in [1.807, 2.05) is 20.8 Å². The van der Waals surface area contributed by atoms with Crippen molar-refractivity contribution in [1.29, 1.82) is 0 Å². The van der Waals surface area contributed by atoms with Crippen LogP contribution in [0.4, 0.5) is 9.18 Å². The fourth-order valence-electron chi connectivity index (χ4n) is 4.81. The zero-order valence-electron chi connectivity index (χ0n) is 21.0. The van der Waals surface area contributed by atoms with Gasteiger partial charge in [0.15, 0.2) is 0 Å².